The molecule has 0 aliphatic rings. The third-order valence-corrected chi connectivity index (χ3v) is 4.80. The van der Waals surface area contributed by atoms with Crippen LogP contribution in [0.2, 0.25) is 0 Å². The number of pyridine rings is 1. The van der Waals surface area contributed by atoms with E-state index in [0.29, 0.717) is 6.54 Å². The predicted octanol–water partition coefficient (Wildman–Crippen LogP) is 5.52. The molecule has 0 aliphatic heterocycles. The number of unbranched alkanes of at least 4 members (excludes halogenated alkanes) is 5. The van der Waals surface area contributed by atoms with Crippen molar-refractivity contribution >= 4 is 21.7 Å². The molecule has 0 amide bonds. The number of nitrogens with zero attached hydrogens (tertiary/aromatic N) is 1. The van der Waals surface area contributed by atoms with Crippen LogP contribution in [0.1, 0.15) is 61.4 Å². The molecule has 0 N–H and O–H groups in total. The molecule has 0 unspecified atom stereocenters. The Morgan fingerprint density at radius 1 is 0.917 bits per heavy atom. The van der Waals surface area contributed by atoms with Gasteiger partial charge in [-0.1, -0.05) is 67.1 Å². The fraction of sp³-hybridized carbons (Fsp3) is 0.429. The first-order chi connectivity index (χ1) is 11.7. The number of hydrogen-bond acceptors (Lipinski definition) is 1. The smallest absolute Gasteiger partial charge is 0.227 e. The number of aryl methyl sites for hydroxylation is 1. The van der Waals surface area contributed by atoms with E-state index in [1.807, 2.05) is 41.2 Å². The maximum atomic E-state index is 12.3. The summed E-state index contributed by atoms with van der Waals surface area (Å²) in [6.07, 6.45) is 13.1. The number of benzene rings is 1. The molecule has 1 heterocycles. The molecular formula is C21H27BrNO+. The van der Waals surface area contributed by atoms with Crippen molar-refractivity contribution < 1.29 is 9.36 Å². The van der Waals surface area contributed by atoms with Crippen molar-refractivity contribution in [2.75, 3.05) is 0 Å². The Kier molecular flexibility index (Phi) is 8.17. The molecule has 0 saturated carbocycles. The van der Waals surface area contributed by atoms with Crippen LogP contribution in [0.15, 0.2) is 53.3 Å². The summed E-state index contributed by atoms with van der Waals surface area (Å²) in [5.41, 5.74) is 2.11. The van der Waals surface area contributed by atoms with Gasteiger partial charge in [-0.05, 0) is 30.5 Å². The van der Waals surface area contributed by atoms with Crippen molar-refractivity contribution in [2.45, 2.75) is 58.4 Å². The van der Waals surface area contributed by atoms with Gasteiger partial charge in [0.1, 0.15) is 0 Å². The molecule has 1 aromatic heterocycles. The lowest BCUT2D eigenvalue weighted by Gasteiger charge is -2.02. The number of hydrogen-bond donors (Lipinski definition) is 0. The first kappa shape index (κ1) is 18.9. The number of aromatic nitrogens is 1. The quantitative estimate of drug-likeness (QED) is 0.298. The second-order valence-corrected chi connectivity index (χ2v) is 7.24. The molecule has 2 nitrogen and oxygen atoms in total. The van der Waals surface area contributed by atoms with E-state index in [1.165, 1.54) is 44.1 Å². The number of Topliss-reactive ketones (excluding diaryl/α,β-unsaturated/α-hetero) is 1. The highest BCUT2D eigenvalue weighted by atomic mass is 79.9. The van der Waals surface area contributed by atoms with E-state index in [-0.39, 0.29) is 5.78 Å². The van der Waals surface area contributed by atoms with Gasteiger partial charge in [-0.2, -0.15) is 4.57 Å². The van der Waals surface area contributed by atoms with Crippen LogP contribution in [0, 0.1) is 0 Å². The van der Waals surface area contributed by atoms with E-state index in [9.17, 15) is 4.79 Å². The minimum atomic E-state index is 0.135. The summed E-state index contributed by atoms with van der Waals surface area (Å²) < 4.78 is 2.94. The summed E-state index contributed by atoms with van der Waals surface area (Å²) in [6, 6.07) is 11.8. The molecule has 2 aromatic rings. The van der Waals surface area contributed by atoms with Crippen LogP contribution in [0.4, 0.5) is 0 Å². The second-order valence-electron chi connectivity index (χ2n) is 6.33. The molecular weight excluding hydrogens is 362 g/mol. The standard InChI is InChI=1S/C21H27BrNO/c1-2-3-4-5-6-7-8-18-13-15-23(16-14-18)17-21(24)19-9-11-20(22)12-10-19/h9-16H,2-8,17H2,1H3/q+1. The fourth-order valence-electron chi connectivity index (χ4n) is 2.76. The third kappa shape index (κ3) is 6.56. The highest BCUT2D eigenvalue weighted by Gasteiger charge is 2.11. The Hall–Kier alpha value is -1.48. The fourth-order valence-corrected chi connectivity index (χ4v) is 3.03. The molecule has 1 aromatic carbocycles. The Balaban J connectivity index is 1.77. The molecule has 0 aliphatic carbocycles. The molecule has 24 heavy (non-hydrogen) atoms. The van der Waals surface area contributed by atoms with Gasteiger partial charge in [0.15, 0.2) is 12.4 Å². The number of ketones is 1. The largest absolute Gasteiger partial charge is 0.287 e. The molecule has 3 heteroatoms. The van der Waals surface area contributed by atoms with Crippen LogP contribution in [0.25, 0.3) is 0 Å². The third-order valence-electron chi connectivity index (χ3n) is 4.27. The second kappa shape index (κ2) is 10.4. The van der Waals surface area contributed by atoms with Gasteiger partial charge in [-0.3, -0.25) is 4.79 Å². The minimum Gasteiger partial charge on any atom is -0.287 e. The van der Waals surface area contributed by atoms with Gasteiger partial charge >= 0.3 is 0 Å². The Morgan fingerprint density at radius 2 is 1.54 bits per heavy atom. The van der Waals surface area contributed by atoms with Crippen LogP contribution >= 0.6 is 15.9 Å². The van der Waals surface area contributed by atoms with E-state index in [4.69, 9.17) is 0 Å². The maximum Gasteiger partial charge on any atom is 0.227 e. The minimum absolute atomic E-state index is 0.135. The van der Waals surface area contributed by atoms with E-state index in [2.05, 4.69) is 35.0 Å². The predicted molar refractivity (Wildman–Crippen MR) is 102 cm³/mol. The lowest BCUT2D eigenvalue weighted by molar-refractivity contribution is -0.683. The van der Waals surface area contributed by atoms with Crippen LogP contribution in [-0.2, 0) is 13.0 Å². The molecule has 0 saturated heterocycles. The first-order valence-electron chi connectivity index (χ1n) is 8.96. The zero-order chi connectivity index (χ0) is 17.2. The van der Waals surface area contributed by atoms with Gasteiger partial charge in [0, 0.05) is 22.2 Å². The first-order valence-corrected chi connectivity index (χ1v) is 9.75. The topological polar surface area (TPSA) is 20.9 Å². The molecule has 0 atom stereocenters. The van der Waals surface area contributed by atoms with Crippen molar-refractivity contribution in [1.29, 1.82) is 0 Å². The van der Waals surface area contributed by atoms with Crippen molar-refractivity contribution in [3.63, 3.8) is 0 Å². The Bertz CT molecular complexity index is 619. The summed E-state index contributed by atoms with van der Waals surface area (Å²) in [6.45, 7) is 2.64. The van der Waals surface area contributed by atoms with Crippen molar-refractivity contribution in [3.8, 4) is 0 Å². The summed E-state index contributed by atoms with van der Waals surface area (Å²) in [5.74, 6) is 0.135. The van der Waals surface area contributed by atoms with Crippen molar-refractivity contribution in [2.24, 2.45) is 0 Å². The SMILES string of the molecule is CCCCCCCCc1cc[n+](CC(=O)c2ccc(Br)cc2)cc1. The van der Waals surface area contributed by atoms with Crippen LogP contribution in [0.5, 0.6) is 0 Å². The Labute approximate surface area is 154 Å². The summed E-state index contributed by atoms with van der Waals surface area (Å²) in [4.78, 5) is 12.3. The Morgan fingerprint density at radius 3 is 2.21 bits per heavy atom. The monoisotopic (exact) mass is 388 g/mol. The van der Waals surface area contributed by atoms with Gasteiger partial charge in [0.2, 0.25) is 12.3 Å². The van der Waals surface area contributed by atoms with Crippen molar-refractivity contribution in [3.05, 3.63) is 64.4 Å². The summed E-state index contributed by atoms with van der Waals surface area (Å²) in [5, 5.41) is 0. The number of halogens is 1. The molecule has 2 rings (SSSR count). The number of rotatable bonds is 10. The zero-order valence-corrected chi connectivity index (χ0v) is 16.1. The van der Waals surface area contributed by atoms with Crippen LogP contribution in [0.3, 0.4) is 0 Å². The highest BCUT2D eigenvalue weighted by Crippen LogP contribution is 2.11. The lowest BCUT2D eigenvalue weighted by Crippen LogP contribution is -2.37. The van der Waals surface area contributed by atoms with Crippen molar-refractivity contribution in [1.82, 2.24) is 0 Å². The average molecular weight is 389 g/mol. The van der Waals surface area contributed by atoms with Gasteiger partial charge in [-0.25, -0.2) is 0 Å². The highest BCUT2D eigenvalue weighted by molar-refractivity contribution is 9.10. The average Bonchev–Trinajstić information content (AvgIpc) is 2.60. The molecule has 0 spiro atoms. The van der Waals surface area contributed by atoms with E-state index >= 15 is 0 Å². The zero-order valence-electron chi connectivity index (χ0n) is 14.5. The number of carbonyl (C=O) groups excluding carboxylic acids is 1. The maximum absolute atomic E-state index is 12.3. The summed E-state index contributed by atoms with van der Waals surface area (Å²) >= 11 is 3.39. The normalized spacial score (nSPS) is 10.8. The molecule has 0 bridgehead atoms. The van der Waals surface area contributed by atoms with Crippen LogP contribution < -0.4 is 4.57 Å². The van der Waals surface area contributed by atoms with Crippen LogP contribution in [-0.4, -0.2) is 5.78 Å². The molecule has 128 valence electrons. The van der Waals surface area contributed by atoms with E-state index in [0.717, 1.165) is 16.5 Å². The number of carbonyl (C=O) groups is 1. The van der Waals surface area contributed by atoms with Gasteiger partial charge in [0.25, 0.3) is 0 Å². The molecule has 0 fully saturated rings. The molecule has 0 radical (unpaired) electrons. The summed E-state index contributed by atoms with van der Waals surface area (Å²) in [7, 11) is 0. The van der Waals surface area contributed by atoms with Gasteiger partial charge < -0.3 is 0 Å². The van der Waals surface area contributed by atoms with Gasteiger partial charge in [-0.15, -0.1) is 0 Å². The van der Waals surface area contributed by atoms with Gasteiger partial charge in [0.05, 0.1) is 0 Å². The lowest BCUT2D eigenvalue weighted by atomic mass is 10.1. The van der Waals surface area contributed by atoms with E-state index < -0.39 is 0 Å². The van der Waals surface area contributed by atoms with E-state index in [1.54, 1.807) is 0 Å².